The van der Waals surface area contributed by atoms with E-state index in [1.165, 1.54) is 31.2 Å². The van der Waals surface area contributed by atoms with Crippen molar-refractivity contribution in [3.63, 3.8) is 0 Å². The SMILES string of the molecule is COC[C@H]1CCCCN1Cc1ccc(OCC(=O)N2CCCCC2)cc1. The number of ether oxygens (including phenoxy) is 2. The van der Waals surface area contributed by atoms with E-state index in [2.05, 4.69) is 17.0 Å². The quantitative estimate of drug-likeness (QED) is 0.749. The molecule has 1 aromatic rings. The van der Waals surface area contributed by atoms with Crippen LogP contribution in [0.5, 0.6) is 5.75 Å². The third kappa shape index (κ3) is 5.45. The average molecular weight is 360 g/mol. The van der Waals surface area contributed by atoms with E-state index >= 15 is 0 Å². The molecule has 1 amide bonds. The number of nitrogens with zero attached hydrogens (tertiary/aromatic N) is 2. The number of methoxy groups -OCH3 is 1. The van der Waals surface area contributed by atoms with Gasteiger partial charge in [0.25, 0.3) is 5.91 Å². The molecule has 5 nitrogen and oxygen atoms in total. The molecule has 2 heterocycles. The summed E-state index contributed by atoms with van der Waals surface area (Å²) in [5.74, 6) is 0.871. The predicted molar refractivity (Wildman–Crippen MR) is 102 cm³/mol. The standard InChI is InChI=1S/C21H32N2O3/c1-25-16-19-7-3-6-14-23(19)15-18-8-10-20(11-9-18)26-17-21(24)22-12-4-2-5-13-22/h8-11,19H,2-7,12-17H2,1H3/t19-/m1/s1. The van der Waals surface area contributed by atoms with Crippen LogP contribution in [-0.2, 0) is 16.1 Å². The molecule has 2 aliphatic rings. The van der Waals surface area contributed by atoms with E-state index in [1.807, 2.05) is 17.0 Å². The van der Waals surface area contributed by atoms with Crippen LogP contribution < -0.4 is 4.74 Å². The van der Waals surface area contributed by atoms with Gasteiger partial charge in [-0.3, -0.25) is 9.69 Å². The first-order valence-corrected chi connectivity index (χ1v) is 9.99. The lowest BCUT2D eigenvalue weighted by Crippen LogP contribution is -2.41. The Kier molecular flexibility index (Phi) is 7.32. The van der Waals surface area contributed by atoms with Crippen LogP contribution in [0, 0.1) is 0 Å². The first-order valence-electron chi connectivity index (χ1n) is 9.99. The van der Waals surface area contributed by atoms with Crippen molar-refractivity contribution in [3.8, 4) is 5.75 Å². The highest BCUT2D eigenvalue weighted by Crippen LogP contribution is 2.21. The minimum atomic E-state index is 0.101. The summed E-state index contributed by atoms with van der Waals surface area (Å²) in [7, 11) is 1.78. The van der Waals surface area contributed by atoms with Gasteiger partial charge in [0.15, 0.2) is 6.61 Å². The average Bonchev–Trinajstić information content (AvgIpc) is 2.69. The van der Waals surface area contributed by atoms with Gasteiger partial charge in [-0.25, -0.2) is 0 Å². The summed E-state index contributed by atoms with van der Waals surface area (Å²) in [6.07, 6.45) is 7.23. The summed E-state index contributed by atoms with van der Waals surface area (Å²) in [4.78, 5) is 16.6. The number of hydrogen-bond acceptors (Lipinski definition) is 4. The summed E-state index contributed by atoms with van der Waals surface area (Å²) in [6, 6.07) is 8.70. The second-order valence-electron chi connectivity index (χ2n) is 7.45. The van der Waals surface area contributed by atoms with Crippen molar-refractivity contribution in [2.24, 2.45) is 0 Å². The Balaban J connectivity index is 1.47. The van der Waals surface area contributed by atoms with Crippen LogP contribution in [0.1, 0.15) is 44.1 Å². The van der Waals surface area contributed by atoms with Gasteiger partial charge in [0, 0.05) is 32.8 Å². The molecule has 0 aliphatic carbocycles. The van der Waals surface area contributed by atoms with Crippen molar-refractivity contribution in [1.82, 2.24) is 9.80 Å². The molecule has 0 radical (unpaired) electrons. The van der Waals surface area contributed by atoms with E-state index in [4.69, 9.17) is 9.47 Å². The van der Waals surface area contributed by atoms with E-state index in [0.717, 1.165) is 51.4 Å². The highest BCUT2D eigenvalue weighted by molar-refractivity contribution is 5.77. The molecule has 2 aliphatic heterocycles. The van der Waals surface area contributed by atoms with Gasteiger partial charge in [-0.15, -0.1) is 0 Å². The summed E-state index contributed by atoms with van der Waals surface area (Å²) < 4.78 is 11.1. The molecule has 0 saturated carbocycles. The molecule has 3 rings (SSSR count). The fourth-order valence-corrected chi connectivity index (χ4v) is 3.95. The number of hydrogen-bond donors (Lipinski definition) is 0. The second-order valence-corrected chi connectivity index (χ2v) is 7.45. The number of likely N-dealkylation sites (tertiary alicyclic amines) is 2. The van der Waals surface area contributed by atoms with Crippen molar-refractivity contribution >= 4 is 5.91 Å². The first kappa shape index (κ1) is 19.2. The van der Waals surface area contributed by atoms with E-state index in [9.17, 15) is 4.79 Å². The Bertz CT molecular complexity index is 553. The topological polar surface area (TPSA) is 42.0 Å². The van der Waals surface area contributed by atoms with Crippen molar-refractivity contribution < 1.29 is 14.3 Å². The highest BCUT2D eigenvalue weighted by atomic mass is 16.5. The van der Waals surface area contributed by atoms with Gasteiger partial charge >= 0.3 is 0 Å². The first-order chi connectivity index (χ1) is 12.8. The Labute approximate surface area is 157 Å². The molecular weight excluding hydrogens is 328 g/mol. The Hall–Kier alpha value is -1.59. The summed E-state index contributed by atoms with van der Waals surface area (Å²) in [6.45, 7) is 4.78. The van der Waals surface area contributed by atoms with E-state index in [1.54, 1.807) is 7.11 Å². The molecule has 1 atom stereocenters. The minimum absolute atomic E-state index is 0.101. The molecular formula is C21H32N2O3. The molecule has 5 heteroatoms. The van der Waals surface area contributed by atoms with Gasteiger partial charge in [-0.1, -0.05) is 18.6 Å². The summed E-state index contributed by atoms with van der Waals surface area (Å²) in [5.41, 5.74) is 1.28. The third-order valence-corrected chi connectivity index (χ3v) is 5.49. The summed E-state index contributed by atoms with van der Waals surface area (Å²) >= 11 is 0. The maximum atomic E-state index is 12.2. The molecule has 0 unspecified atom stereocenters. The zero-order valence-electron chi connectivity index (χ0n) is 16.0. The van der Waals surface area contributed by atoms with Crippen LogP contribution in [0.4, 0.5) is 0 Å². The van der Waals surface area contributed by atoms with Crippen molar-refractivity contribution in [2.75, 3.05) is 40.0 Å². The number of carbonyl (C=O) groups is 1. The normalized spacial score (nSPS) is 21.6. The lowest BCUT2D eigenvalue weighted by Gasteiger charge is -2.35. The fraction of sp³-hybridized carbons (Fsp3) is 0.667. The molecule has 2 fully saturated rings. The Morgan fingerprint density at radius 3 is 2.50 bits per heavy atom. The fourth-order valence-electron chi connectivity index (χ4n) is 3.95. The zero-order chi connectivity index (χ0) is 18.2. The van der Waals surface area contributed by atoms with Gasteiger partial charge in [-0.05, 0) is 56.3 Å². The highest BCUT2D eigenvalue weighted by Gasteiger charge is 2.22. The molecule has 0 spiro atoms. The van der Waals surface area contributed by atoms with E-state index < -0.39 is 0 Å². The van der Waals surface area contributed by atoms with E-state index in [0.29, 0.717) is 6.04 Å². The van der Waals surface area contributed by atoms with Crippen LogP contribution >= 0.6 is 0 Å². The summed E-state index contributed by atoms with van der Waals surface area (Å²) in [5, 5.41) is 0. The van der Waals surface area contributed by atoms with Gasteiger partial charge < -0.3 is 14.4 Å². The van der Waals surface area contributed by atoms with Crippen LogP contribution in [0.25, 0.3) is 0 Å². The van der Waals surface area contributed by atoms with Gasteiger partial charge in [0.2, 0.25) is 0 Å². The van der Waals surface area contributed by atoms with Crippen molar-refractivity contribution in [1.29, 1.82) is 0 Å². The zero-order valence-corrected chi connectivity index (χ0v) is 16.0. The lowest BCUT2D eigenvalue weighted by atomic mass is 10.0. The molecule has 1 aromatic carbocycles. The predicted octanol–water partition coefficient (Wildman–Crippen LogP) is 3.08. The third-order valence-electron chi connectivity index (χ3n) is 5.49. The Morgan fingerprint density at radius 2 is 1.77 bits per heavy atom. The molecule has 144 valence electrons. The smallest absolute Gasteiger partial charge is 0.260 e. The maximum Gasteiger partial charge on any atom is 0.260 e. The van der Waals surface area contributed by atoms with Crippen LogP contribution in [0.2, 0.25) is 0 Å². The van der Waals surface area contributed by atoms with E-state index in [-0.39, 0.29) is 12.5 Å². The molecule has 26 heavy (non-hydrogen) atoms. The minimum Gasteiger partial charge on any atom is -0.484 e. The van der Waals surface area contributed by atoms with Gasteiger partial charge in [0.05, 0.1) is 6.61 Å². The van der Waals surface area contributed by atoms with Crippen molar-refractivity contribution in [2.45, 2.75) is 51.1 Å². The van der Waals surface area contributed by atoms with Gasteiger partial charge in [-0.2, -0.15) is 0 Å². The molecule has 0 bridgehead atoms. The second kappa shape index (κ2) is 9.93. The van der Waals surface area contributed by atoms with Crippen LogP contribution in [-0.4, -0.2) is 61.7 Å². The maximum absolute atomic E-state index is 12.2. The number of benzene rings is 1. The lowest BCUT2D eigenvalue weighted by molar-refractivity contribution is -0.134. The van der Waals surface area contributed by atoms with Crippen molar-refractivity contribution in [3.05, 3.63) is 29.8 Å². The van der Waals surface area contributed by atoms with Crippen LogP contribution in [0.15, 0.2) is 24.3 Å². The largest absolute Gasteiger partial charge is 0.484 e. The number of carbonyl (C=O) groups excluding carboxylic acids is 1. The van der Waals surface area contributed by atoms with Gasteiger partial charge in [0.1, 0.15) is 5.75 Å². The Morgan fingerprint density at radius 1 is 1.04 bits per heavy atom. The molecule has 0 aromatic heterocycles. The number of piperidine rings is 2. The molecule has 2 saturated heterocycles. The monoisotopic (exact) mass is 360 g/mol. The van der Waals surface area contributed by atoms with Crippen LogP contribution in [0.3, 0.4) is 0 Å². The molecule has 0 N–H and O–H groups in total. The number of amides is 1. The number of rotatable bonds is 7.